The van der Waals surface area contributed by atoms with Gasteiger partial charge in [-0.05, 0) is 32.5 Å². The lowest BCUT2D eigenvalue weighted by Crippen LogP contribution is -2.43. The molecule has 82 valence electrons. The smallest absolute Gasteiger partial charge is 0.199 e. The number of thiocarbonyl (C=S) groups is 1. The van der Waals surface area contributed by atoms with Gasteiger partial charge in [-0.1, -0.05) is 13.3 Å². The van der Waals surface area contributed by atoms with Gasteiger partial charge in [0.05, 0.1) is 6.61 Å². The van der Waals surface area contributed by atoms with Crippen molar-refractivity contribution >= 4 is 23.1 Å². The van der Waals surface area contributed by atoms with Crippen molar-refractivity contribution < 1.29 is 14.6 Å². The van der Waals surface area contributed by atoms with Gasteiger partial charge >= 0.3 is 0 Å². The summed E-state index contributed by atoms with van der Waals surface area (Å²) in [5, 5.41) is 9.77. The molecule has 1 N–H and O–H groups in total. The van der Waals surface area contributed by atoms with Crippen LogP contribution in [-0.4, -0.2) is 28.1 Å². The molecule has 1 atom stereocenters. The molecule has 0 bridgehead atoms. The number of unbranched alkanes of at least 4 members (excludes halogenated alkanes) is 1. The first-order valence-electron chi connectivity index (χ1n) is 4.89. The van der Waals surface area contributed by atoms with Crippen molar-refractivity contribution in [3.63, 3.8) is 0 Å². The average Bonchev–Trinajstić information content (AvgIpc) is 2.14. The van der Waals surface area contributed by atoms with Crippen molar-refractivity contribution in [3.8, 4) is 0 Å². The summed E-state index contributed by atoms with van der Waals surface area (Å²) in [4.78, 5) is 11.5. The summed E-state index contributed by atoms with van der Waals surface area (Å²) >= 11 is 4.82. The van der Waals surface area contributed by atoms with E-state index in [2.05, 4.69) is 0 Å². The third-order valence-corrected chi connectivity index (χ3v) is 2.49. The summed E-state index contributed by atoms with van der Waals surface area (Å²) in [6, 6.07) is 0. The molecule has 0 saturated carbocycles. The highest BCUT2D eigenvalue weighted by molar-refractivity contribution is 7.80. The Morgan fingerprint density at radius 3 is 2.50 bits per heavy atom. The fourth-order valence-corrected chi connectivity index (χ4v) is 1.20. The molecule has 0 fully saturated rings. The molecule has 0 aliphatic heterocycles. The SMILES string of the molecule is CCCCC(=O)C(C)(O)C(=S)OCC. The highest BCUT2D eigenvalue weighted by atomic mass is 32.1. The molecule has 0 aliphatic rings. The molecule has 0 aromatic carbocycles. The summed E-state index contributed by atoms with van der Waals surface area (Å²) in [5.74, 6) is -0.266. The number of Topliss-reactive ketones (excluding diaryl/α,β-unsaturated/α-hetero) is 1. The van der Waals surface area contributed by atoms with Crippen LogP contribution >= 0.6 is 12.2 Å². The van der Waals surface area contributed by atoms with Crippen LogP contribution in [0.4, 0.5) is 0 Å². The summed E-state index contributed by atoms with van der Waals surface area (Å²) < 4.78 is 4.97. The van der Waals surface area contributed by atoms with Crippen molar-refractivity contribution in [2.75, 3.05) is 6.61 Å². The Bertz CT molecular complexity index is 211. The van der Waals surface area contributed by atoms with E-state index in [4.69, 9.17) is 17.0 Å². The Kier molecular flexibility index (Phi) is 5.88. The molecule has 0 saturated heterocycles. The fourth-order valence-electron chi connectivity index (χ4n) is 0.966. The van der Waals surface area contributed by atoms with E-state index >= 15 is 0 Å². The summed E-state index contributed by atoms with van der Waals surface area (Å²) in [5.41, 5.74) is -1.61. The van der Waals surface area contributed by atoms with E-state index < -0.39 is 5.60 Å². The molecule has 0 aromatic rings. The zero-order valence-electron chi connectivity index (χ0n) is 9.00. The average molecular weight is 218 g/mol. The van der Waals surface area contributed by atoms with Gasteiger partial charge in [0, 0.05) is 6.42 Å². The van der Waals surface area contributed by atoms with Crippen molar-refractivity contribution in [1.29, 1.82) is 0 Å². The van der Waals surface area contributed by atoms with Crippen LogP contribution in [0, 0.1) is 0 Å². The topological polar surface area (TPSA) is 46.5 Å². The van der Waals surface area contributed by atoms with Crippen LogP contribution in [0.3, 0.4) is 0 Å². The van der Waals surface area contributed by atoms with E-state index in [0.717, 1.165) is 12.8 Å². The van der Waals surface area contributed by atoms with E-state index in [-0.39, 0.29) is 10.8 Å². The third kappa shape index (κ3) is 3.72. The Morgan fingerprint density at radius 1 is 1.50 bits per heavy atom. The minimum absolute atomic E-state index is 0.0268. The molecule has 0 amide bonds. The third-order valence-electron chi connectivity index (χ3n) is 1.97. The molecule has 0 aliphatic carbocycles. The maximum Gasteiger partial charge on any atom is 0.199 e. The van der Waals surface area contributed by atoms with E-state index in [1.54, 1.807) is 6.92 Å². The first-order valence-corrected chi connectivity index (χ1v) is 5.30. The fraction of sp³-hybridized carbons (Fsp3) is 0.800. The predicted molar refractivity (Wildman–Crippen MR) is 59.4 cm³/mol. The molecule has 0 spiro atoms. The largest absolute Gasteiger partial charge is 0.484 e. The number of hydrogen-bond acceptors (Lipinski definition) is 4. The number of hydrogen-bond donors (Lipinski definition) is 1. The van der Waals surface area contributed by atoms with Gasteiger partial charge in [-0.25, -0.2) is 0 Å². The maximum atomic E-state index is 11.5. The van der Waals surface area contributed by atoms with Crippen LogP contribution in [0.1, 0.15) is 40.0 Å². The lowest BCUT2D eigenvalue weighted by molar-refractivity contribution is -0.131. The minimum atomic E-state index is -1.61. The lowest BCUT2D eigenvalue weighted by atomic mass is 9.97. The monoisotopic (exact) mass is 218 g/mol. The van der Waals surface area contributed by atoms with Crippen LogP contribution in [-0.2, 0) is 9.53 Å². The lowest BCUT2D eigenvalue weighted by Gasteiger charge is -2.22. The molecule has 1 unspecified atom stereocenters. The Labute approximate surface area is 90.5 Å². The van der Waals surface area contributed by atoms with Gasteiger partial charge in [0.15, 0.2) is 16.4 Å². The highest BCUT2D eigenvalue weighted by Gasteiger charge is 2.35. The predicted octanol–water partition coefficient (Wildman–Crippen LogP) is 1.86. The van der Waals surface area contributed by atoms with Crippen LogP contribution in [0.15, 0.2) is 0 Å². The maximum absolute atomic E-state index is 11.5. The van der Waals surface area contributed by atoms with Gasteiger partial charge in [-0.2, -0.15) is 0 Å². The van der Waals surface area contributed by atoms with Crippen LogP contribution in [0.5, 0.6) is 0 Å². The van der Waals surface area contributed by atoms with Crippen molar-refractivity contribution in [1.82, 2.24) is 0 Å². The highest BCUT2D eigenvalue weighted by Crippen LogP contribution is 2.14. The molecule has 0 heterocycles. The van der Waals surface area contributed by atoms with Gasteiger partial charge in [-0.3, -0.25) is 4.79 Å². The molecular weight excluding hydrogens is 200 g/mol. The van der Waals surface area contributed by atoms with Gasteiger partial charge < -0.3 is 9.84 Å². The van der Waals surface area contributed by atoms with Gasteiger partial charge in [0.2, 0.25) is 0 Å². The normalized spacial score (nSPS) is 14.6. The number of carbonyl (C=O) groups is 1. The van der Waals surface area contributed by atoms with E-state index in [1.165, 1.54) is 6.92 Å². The Balaban J connectivity index is 4.28. The second-order valence-electron chi connectivity index (χ2n) is 3.32. The molecule has 0 rings (SSSR count). The van der Waals surface area contributed by atoms with Gasteiger partial charge in [0.25, 0.3) is 0 Å². The number of ether oxygens (including phenoxy) is 1. The summed E-state index contributed by atoms with van der Waals surface area (Å²) in [6.07, 6.45) is 2.03. The standard InChI is InChI=1S/C10H18O3S/c1-4-6-7-8(11)10(3,12)9(14)13-5-2/h12H,4-7H2,1-3H3. The summed E-state index contributed by atoms with van der Waals surface area (Å²) in [6.45, 7) is 5.51. The number of ketones is 1. The zero-order valence-corrected chi connectivity index (χ0v) is 9.82. The molecule has 14 heavy (non-hydrogen) atoms. The molecular formula is C10H18O3S. The number of aliphatic hydroxyl groups is 1. The second-order valence-corrected chi connectivity index (χ2v) is 3.69. The Hall–Kier alpha value is -0.480. The van der Waals surface area contributed by atoms with Crippen LogP contribution in [0.25, 0.3) is 0 Å². The quantitative estimate of drug-likeness (QED) is 0.691. The van der Waals surface area contributed by atoms with Crippen molar-refractivity contribution in [2.45, 2.75) is 45.6 Å². The van der Waals surface area contributed by atoms with Gasteiger partial charge in [0.1, 0.15) is 0 Å². The molecule has 4 heteroatoms. The van der Waals surface area contributed by atoms with E-state index in [0.29, 0.717) is 13.0 Å². The number of carbonyl (C=O) groups excluding carboxylic acids is 1. The minimum Gasteiger partial charge on any atom is -0.484 e. The summed E-state index contributed by atoms with van der Waals surface area (Å²) in [7, 11) is 0. The molecule has 3 nitrogen and oxygen atoms in total. The van der Waals surface area contributed by atoms with E-state index in [9.17, 15) is 9.90 Å². The molecule has 0 aromatic heterocycles. The Morgan fingerprint density at radius 2 is 2.07 bits per heavy atom. The molecule has 0 radical (unpaired) electrons. The second kappa shape index (κ2) is 6.09. The van der Waals surface area contributed by atoms with Crippen LogP contribution < -0.4 is 0 Å². The van der Waals surface area contributed by atoms with Crippen LogP contribution in [0.2, 0.25) is 0 Å². The van der Waals surface area contributed by atoms with E-state index in [1.807, 2.05) is 6.92 Å². The number of rotatable bonds is 6. The van der Waals surface area contributed by atoms with Crippen molar-refractivity contribution in [3.05, 3.63) is 0 Å². The first-order chi connectivity index (χ1) is 6.46. The van der Waals surface area contributed by atoms with Crippen molar-refractivity contribution in [2.24, 2.45) is 0 Å². The van der Waals surface area contributed by atoms with Gasteiger partial charge in [-0.15, -0.1) is 0 Å². The zero-order chi connectivity index (χ0) is 11.2. The first kappa shape index (κ1) is 13.5.